The maximum Gasteiger partial charge on any atom is 0.217 e. The molecule has 5 N–H and O–H groups in total. The largest absolute Gasteiger partial charge is 0.356 e. The Labute approximate surface area is 203 Å². The molecule has 1 aromatic rings. The number of nitrogens with two attached hydrogens (primary N) is 1. The molecule has 0 aliphatic carbocycles. The van der Waals surface area contributed by atoms with Crippen molar-refractivity contribution in [3.8, 4) is 0 Å². The van der Waals surface area contributed by atoms with Crippen LogP contribution in [0, 0.1) is 23.4 Å². The Balaban J connectivity index is 1.69. The van der Waals surface area contributed by atoms with Crippen LogP contribution in [0.4, 0.5) is 13.2 Å². The van der Waals surface area contributed by atoms with Crippen LogP contribution in [0.1, 0.15) is 64.4 Å². The van der Waals surface area contributed by atoms with Gasteiger partial charge in [-0.05, 0) is 68.9 Å². The highest BCUT2D eigenvalue weighted by Gasteiger charge is 2.52. The molecule has 2 aliphatic heterocycles. The van der Waals surface area contributed by atoms with Crippen molar-refractivity contribution < 1.29 is 27.6 Å². The van der Waals surface area contributed by atoms with Crippen molar-refractivity contribution in [1.29, 1.82) is 0 Å². The summed E-state index contributed by atoms with van der Waals surface area (Å²) < 4.78 is 41.1. The lowest BCUT2D eigenvalue weighted by Crippen LogP contribution is -2.62. The standard InChI is InChI=1S/C25H35F3N4O3/c1-14(33)30-8-4-3-5-23(31-15(2)34)24(35)25-7-6-18(32-25)9-17(13-25)22(29)11-16-10-20(27)21(28)12-19(16)26/h10,12,17-18,22-23,32H,3-9,11,13,29H2,1-2H3,(H,30,33)(H,31,34)/t17-,18-,22+,23-,25+/m0/s1. The smallest absolute Gasteiger partial charge is 0.217 e. The average Bonchev–Trinajstić information content (AvgIpc) is 3.10. The van der Waals surface area contributed by atoms with Crippen LogP contribution < -0.4 is 21.7 Å². The number of hydrogen-bond acceptors (Lipinski definition) is 5. The van der Waals surface area contributed by atoms with E-state index < -0.39 is 35.1 Å². The normalized spacial score (nSPS) is 25.1. The van der Waals surface area contributed by atoms with Crippen molar-refractivity contribution in [1.82, 2.24) is 16.0 Å². The van der Waals surface area contributed by atoms with Crippen molar-refractivity contribution in [2.24, 2.45) is 11.7 Å². The number of amides is 2. The summed E-state index contributed by atoms with van der Waals surface area (Å²) in [5.41, 5.74) is 5.58. The van der Waals surface area contributed by atoms with E-state index in [4.69, 9.17) is 5.73 Å². The minimum Gasteiger partial charge on any atom is -0.356 e. The number of fused-ring (bicyclic) bond motifs is 2. The Hall–Kier alpha value is -2.46. The Morgan fingerprint density at radius 3 is 2.51 bits per heavy atom. The van der Waals surface area contributed by atoms with E-state index in [1.54, 1.807) is 0 Å². The minimum atomic E-state index is -1.25. The molecular weight excluding hydrogens is 461 g/mol. The molecule has 0 spiro atoms. The van der Waals surface area contributed by atoms with Gasteiger partial charge in [-0.3, -0.25) is 14.4 Å². The number of Topliss-reactive ketones (excluding diaryl/α,β-unsaturated/α-hetero) is 1. The van der Waals surface area contributed by atoms with E-state index >= 15 is 0 Å². The predicted molar refractivity (Wildman–Crippen MR) is 125 cm³/mol. The fourth-order valence-electron chi connectivity index (χ4n) is 5.54. The summed E-state index contributed by atoms with van der Waals surface area (Å²) in [5.74, 6) is -3.84. The first-order valence-electron chi connectivity index (χ1n) is 12.2. The molecule has 1 aromatic carbocycles. The van der Waals surface area contributed by atoms with Gasteiger partial charge in [0.2, 0.25) is 11.8 Å². The Bertz CT molecular complexity index is 960. The van der Waals surface area contributed by atoms with Gasteiger partial charge in [0, 0.05) is 38.5 Å². The highest BCUT2D eigenvalue weighted by atomic mass is 19.2. The third-order valence-electron chi connectivity index (χ3n) is 7.21. The molecule has 35 heavy (non-hydrogen) atoms. The zero-order valence-electron chi connectivity index (χ0n) is 20.3. The van der Waals surface area contributed by atoms with Gasteiger partial charge in [-0.1, -0.05) is 0 Å². The van der Waals surface area contributed by atoms with Crippen LogP contribution in [0.25, 0.3) is 0 Å². The fraction of sp³-hybridized carbons (Fsp3) is 0.640. The highest BCUT2D eigenvalue weighted by molar-refractivity contribution is 5.96. The summed E-state index contributed by atoms with van der Waals surface area (Å²) >= 11 is 0. The first kappa shape index (κ1) is 27.1. The number of carbonyl (C=O) groups is 3. The number of rotatable bonds is 11. The van der Waals surface area contributed by atoms with Gasteiger partial charge in [-0.15, -0.1) is 0 Å². The summed E-state index contributed by atoms with van der Waals surface area (Å²) in [6.07, 6.45) is 4.32. The first-order valence-corrected chi connectivity index (χ1v) is 12.2. The van der Waals surface area contributed by atoms with E-state index in [9.17, 15) is 27.6 Å². The van der Waals surface area contributed by atoms with Crippen LogP contribution in [0.2, 0.25) is 0 Å². The monoisotopic (exact) mass is 496 g/mol. The minimum absolute atomic E-state index is 0.0120. The Kier molecular flexibility index (Phi) is 8.93. The summed E-state index contributed by atoms with van der Waals surface area (Å²) in [5, 5.41) is 8.95. The highest BCUT2D eigenvalue weighted by Crippen LogP contribution is 2.42. The molecule has 2 heterocycles. The molecule has 5 atom stereocenters. The van der Waals surface area contributed by atoms with Crippen molar-refractivity contribution in [2.75, 3.05) is 6.54 Å². The Morgan fingerprint density at radius 2 is 1.83 bits per heavy atom. The molecule has 3 rings (SSSR count). The van der Waals surface area contributed by atoms with Crippen LogP contribution in [0.3, 0.4) is 0 Å². The SMILES string of the molecule is CC(=O)NCCCC[C@H](NC(C)=O)C(=O)[C@@]12CC[C@@H](C[C@H]([C@H](N)Cc3cc(F)c(F)cc3F)C1)N2. The van der Waals surface area contributed by atoms with Crippen LogP contribution in [0.15, 0.2) is 12.1 Å². The summed E-state index contributed by atoms with van der Waals surface area (Å²) in [7, 11) is 0. The molecule has 2 aliphatic rings. The third kappa shape index (κ3) is 6.82. The van der Waals surface area contributed by atoms with Crippen LogP contribution in [-0.4, -0.2) is 47.8 Å². The first-order chi connectivity index (χ1) is 16.5. The number of nitrogens with one attached hydrogen (secondary N) is 3. The molecule has 2 saturated heterocycles. The molecule has 2 amide bonds. The molecule has 0 aromatic heterocycles. The van der Waals surface area contributed by atoms with Crippen LogP contribution in [-0.2, 0) is 20.8 Å². The second kappa shape index (κ2) is 11.5. The number of ketones is 1. The summed E-state index contributed by atoms with van der Waals surface area (Å²) in [6.45, 7) is 3.31. The predicted octanol–water partition coefficient (Wildman–Crippen LogP) is 2.25. The summed E-state index contributed by atoms with van der Waals surface area (Å²) in [4.78, 5) is 36.6. The van der Waals surface area contributed by atoms with Crippen molar-refractivity contribution in [3.05, 3.63) is 35.1 Å². The van der Waals surface area contributed by atoms with E-state index in [2.05, 4.69) is 16.0 Å². The quantitative estimate of drug-likeness (QED) is 0.277. The third-order valence-corrected chi connectivity index (χ3v) is 7.21. The van der Waals surface area contributed by atoms with Gasteiger partial charge in [0.1, 0.15) is 5.82 Å². The van der Waals surface area contributed by atoms with Crippen LogP contribution >= 0.6 is 0 Å². The average molecular weight is 497 g/mol. The van der Waals surface area contributed by atoms with Gasteiger partial charge in [0.15, 0.2) is 17.4 Å². The molecule has 194 valence electrons. The van der Waals surface area contributed by atoms with E-state index in [0.29, 0.717) is 51.1 Å². The second-order valence-corrected chi connectivity index (χ2v) is 9.98. The van der Waals surface area contributed by atoms with Gasteiger partial charge >= 0.3 is 0 Å². The lowest BCUT2D eigenvalue weighted by Gasteiger charge is -2.42. The molecule has 2 fully saturated rings. The van der Waals surface area contributed by atoms with Crippen molar-refractivity contribution in [3.63, 3.8) is 0 Å². The van der Waals surface area contributed by atoms with E-state index in [1.165, 1.54) is 13.8 Å². The number of benzene rings is 1. The van der Waals surface area contributed by atoms with E-state index in [0.717, 1.165) is 12.5 Å². The lowest BCUT2D eigenvalue weighted by atomic mass is 9.74. The topological polar surface area (TPSA) is 113 Å². The van der Waals surface area contributed by atoms with Crippen molar-refractivity contribution in [2.45, 2.75) is 88.9 Å². The molecule has 0 unspecified atom stereocenters. The number of hydrogen-bond donors (Lipinski definition) is 4. The van der Waals surface area contributed by atoms with E-state index in [1.807, 2.05) is 0 Å². The van der Waals surface area contributed by atoms with Crippen molar-refractivity contribution >= 4 is 17.6 Å². The van der Waals surface area contributed by atoms with E-state index in [-0.39, 0.29) is 41.5 Å². The van der Waals surface area contributed by atoms with Gasteiger partial charge in [-0.2, -0.15) is 0 Å². The van der Waals surface area contributed by atoms with Gasteiger partial charge < -0.3 is 21.7 Å². The molecule has 0 radical (unpaired) electrons. The molecule has 10 heteroatoms. The number of carbonyl (C=O) groups excluding carboxylic acids is 3. The maximum atomic E-state index is 14.2. The Morgan fingerprint density at radius 1 is 1.11 bits per heavy atom. The van der Waals surface area contributed by atoms with Gasteiger partial charge in [0.25, 0.3) is 0 Å². The second-order valence-electron chi connectivity index (χ2n) is 9.98. The molecule has 0 saturated carbocycles. The number of unbranched alkanes of at least 4 members (excludes halogenated alkanes) is 1. The zero-order valence-corrected chi connectivity index (χ0v) is 20.3. The molecule has 2 bridgehead atoms. The van der Waals surface area contributed by atoms with Crippen LogP contribution in [0.5, 0.6) is 0 Å². The summed E-state index contributed by atoms with van der Waals surface area (Å²) in [6, 6.07) is 0.222. The van der Waals surface area contributed by atoms with Gasteiger partial charge in [-0.25, -0.2) is 13.2 Å². The fourth-order valence-corrected chi connectivity index (χ4v) is 5.54. The number of piperidine rings is 1. The van der Waals surface area contributed by atoms with Gasteiger partial charge in [0.05, 0.1) is 11.6 Å². The number of halogens is 3. The molecular formula is C25H35F3N4O3. The lowest BCUT2D eigenvalue weighted by molar-refractivity contribution is -0.132. The zero-order chi connectivity index (χ0) is 25.8. The molecule has 7 nitrogen and oxygen atoms in total. The maximum absolute atomic E-state index is 14.2.